The third-order valence-electron chi connectivity index (χ3n) is 3.59. The number of benzene rings is 1. The van der Waals surface area contributed by atoms with Gasteiger partial charge in [0, 0.05) is 12.6 Å². The van der Waals surface area contributed by atoms with Crippen molar-refractivity contribution in [3.63, 3.8) is 0 Å². The largest absolute Gasteiger partial charge is 0.445 e. The van der Waals surface area contributed by atoms with Crippen molar-refractivity contribution in [1.82, 2.24) is 4.90 Å². The summed E-state index contributed by atoms with van der Waals surface area (Å²) in [5.41, 5.74) is 0.985. The first-order valence-electron chi connectivity index (χ1n) is 6.82. The molecular weight excluding hydrogens is 242 g/mol. The monoisotopic (exact) mass is 263 g/mol. The number of hydrogen-bond acceptors (Lipinski definition) is 3. The summed E-state index contributed by atoms with van der Waals surface area (Å²) in [5, 5.41) is 9.64. The van der Waals surface area contributed by atoms with Gasteiger partial charge in [-0.2, -0.15) is 0 Å². The van der Waals surface area contributed by atoms with Crippen LogP contribution >= 0.6 is 0 Å². The van der Waals surface area contributed by atoms with Crippen LogP contribution in [0.3, 0.4) is 0 Å². The summed E-state index contributed by atoms with van der Waals surface area (Å²) < 4.78 is 5.33. The maximum atomic E-state index is 12.1. The summed E-state index contributed by atoms with van der Waals surface area (Å²) in [7, 11) is 0. The number of ether oxygens (including phenoxy) is 1. The van der Waals surface area contributed by atoms with Gasteiger partial charge < -0.3 is 14.7 Å². The predicted molar refractivity (Wildman–Crippen MR) is 72.7 cm³/mol. The van der Waals surface area contributed by atoms with Crippen molar-refractivity contribution in [2.75, 3.05) is 6.54 Å². The van der Waals surface area contributed by atoms with Crippen molar-refractivity contribution in [3.05, 3.63) is 35.9 Å². The summed E-state index contributed by atoms with van der Waals surface area (Å²) in [6, 6.07) is 9.78. The quantitative estimate of drug-likeness (QED) is 0.892. The molecule has 0 saturated carbocycles. The van der Waals surface area contributed by atoms with Crippen LogP contribution in [0.15, 0.2) is 30.3 Å². The molecule has 0 radical (unpaired) electrons. The van der Waals surface area contributed by atoms with Gasteiger partial charge in [-0.25, -0.2) is 4.79 Å². The summed E-state index contributed by atoms with van der Waals surface area (Å²) >= 11 is 0. The SMILES string of the molecule is C[C@@H]1CC[C@H](O)CCN1C(=O)OCc1ccccc1. The number of hydrogen-bond donors (Lipinski definition) is 1. The van der Waals surface area contributed by atoms with Crippen LogP contribution in [0.25, 0.3) is 0 Å². The third kappa shape index (κ3) is 3.96. The lowest BCUT2D eigenvalue weighted by atomic mass is 10.1. The van der Waals surface area contributed by atoms with Crippen molar-refractivity contribution in [2.45, 2.75) is 44.9 Å². The van der Waals surface area contributed by atoms with E-state index in [4.69, 9.17) is 4.74 Å². The molecule has 0 bridgehead atoms. The van der Waals surface area contributed by atoms with E-state index >= 15 is 0 Å². The molecule has 1 heterocycles. The molecule has 0 unspecified atom stereocenters. The van der Waals surface area contributed by atoms with E-state index < -0.39 is 0 Å². The number of likely N-dealkylation sites (tertiary alicyclic amines) is 1. The van der Waals surface area contributed by atoms with Crippen molar-refractivity contribution < 1.29 is 14.6 Å². The van der Waals surface area contributed by atoms with Gasteiger partial charge in [-0.15, -0.1) is 0 Å². The molecule has 1 aliphatic heterocycles. The van der Waals surface area contributed by atoms with E-state index in [1.54, 1.807) is 4.90 Å². The topological polar surface area (TPSA) is 49.8 Å². The Bertz CT molecular complexity index is 407. The van der Waals surface area contributed by atoms with E-state index in [1.807, 2.05) is 37.3 Å². The molecule has 1 aromatic carbocycles. The Morgan fingerprint density at radius 1 is 1.32 bits per heavy atom. The van der Waals surface area contributed by atoms with E-state index in [9.17, 15) is 9.90 Å². The predicted octanol–water partition coefficient (Wildman–Crippen LogP) is 2.56. The molecule has 1 fully saturated rings. The van der Waals surface area contributed by atoms with E-state index in [-0.39, 0.29) is 18.2 Å². The van der Waals surface area contributed by atoms with Gasteiger partial charge in [-0.05, 0) is 31.7 Å². The fourth-order valence-electron chi connectivity index (χ4n) is 2.32. The van der Waals surface area contributed by atoms with Crippen LogP contribution in [-0.4, -0.2) is 34.8 Å². The van der Waals surface area contributed by atoms with Gasteiger partial charge in [-0.1, -0.05) is 30.3 Å². The molecular formula is C15H21NO3. The number of aliphatic hydroxyl groups is 1. The molecule has 2 atom stereocenters. The average molecular weight is 263 g/mol. The maximum Gasteiger partial charge on any atom is 0.410 e. The zero-order valence-corrected chi connectivity index (χ0v) is 11.3. The van der Waals surface area contributed by atoms with Crippen molar-refractivity contribution in [1.29, 1.82) is 0 Å². The number of amides is 1. The first-order valence-corrected chi connectivity index (χ1v) is 6.82. The van der Waals surface area contributed by atoms with Crippen molar-refractivity contribution in [3.8, 4) is 0 Å². The van der Waals surface area contributed by atoms with Gasteiger partial charge >= 0.3 is 6.09 Å². The average Bonchev–Trinajstić information content (AvgIpc) is 2.60. The van der Waals surface area contributed by atoms with Crippen LogP contribution < -0.4 is 0 Å². The van der Waals surface area contributed by atoms with Crippen molar-refractivity contribution in [2.24, 2.45) is 0 Å². The maximum absolute atomic E-state index is 12.1. The minimum absolute atomic E-state index is 0.125. The Balaban J connectivity index is 1.88. The summed E-state index contributed by atoms with van der Waals surface area (Å²) in [4.78, 5) is 13.8. The lowest BCUT2D eigenvalue weighted by Gasteiger charge is -2.26. The fourth-order valence-corrected chi connectivity index (χ4v) is 2.32. The number of nitrogens with zero attached hydrogens (tertiary/aromatic N) is 1. The summed E-state index contributed by atoms with van der Waals surface area (Å²) in [6.45, 7) is 2.86. The van der Waals surface area contributed by atoms with Gasteiger partial charge in [0.2, 0.25) is 0 Å². The number of aliphatic hydroxyl groups excluding tert-OH is 1. The summed E-state index contributed by atoms with van der Waals surface area (Å²) in [6.07, 6.45) is 1.62. The zero-order valence-electron chi connectivity index (χ0n) is 11.3. The second-order valence-corrected chi connectivity index (χ2v) is 5.10. The van der Waals surface area contributed by atoms with Gasteiger partial charge in [0.1, 0.15) is 6.61 Å². The molecule has 4 heteroatoms. The van der Waals surface area contributed by atoms with Gasteiger partial charge in [0.15, 0.2) is 0 Å². The highest BCUT2D eigenvalue weighted by molar-refractivity contribution is 5.68. The molecule has 1 N–H and O–H groups in total. The fraction of sp³-hybridized carbons (Fsp3) is 0.533. The molecule has 1 aromatic rings. The Morgan fingerprint density at radius 2 is 2.05 bits per heavy atom. The second-order valence-electron chi connectivity index (χ2n) is 5.10. The van der Waals surface area contributed by atoms with E-state index in [0.717, 1.165) is 18.4 Å². The first-order chi connectivity index (χ1) is 9.16. The Kier molecular flexibility index (Phi) is 4.80. The minimum atomic E-state index is -0.297. The smallest absolute Gasteiger partial charge is 0.410 e. The molecule has 104 valence electrons. The van der Waals surface area contributed by atoms with E-state index in [1.165, 1.54) is 0 Å². The second kappa shape index (κ2) is 6.57. The molecule has 1 saturated heterocycles. The lowest BCUT2D eigenvalue weighted by molar-refractivity contribution is 0.0829. The van der Waals surface area contributed by atoms with Crippen LogP contribution in [0.2, 0.25) is 0 Å². The molecule has 19 heavy (non-hydrogen) atoms. The third-order valence-corrected chi connectivity index (χ3v) is 3.59. The van der Waals surface area contributed by atoms with E-state index in [2.05, 4.69) is 0 Å². The molecule has 0 aliphatic carbocycles. The highest BCUT2D eigenvalue weighted by atomic mass is 16.6. The standard InChI is InChI=1S/C15H21NO3/c1-12-7-8-14(17)9-10-16(12)15(18)19-11-13-5-3-2-4-6-13/h2-6,12,14,17H,7-11H2,1H3/t12-,14+/m1/s1. The van der Waals surface area contributed by atoms with E-state index in [0.29, 0.717) is 19.6 Å². The zero-order chi connectivity index (χ0) is 13.7. The van der Waals surface area contributed by atoms with Gasteiger partial charge in [0.25, 0.3) is 0 Å². The van der Waals surface area contributed by atoms with Gasteiger partial charge in [0.05, 0.1) is 6.10 Å². The first kappa shape index (κ1) is 13.9. The van der Waals surface area contributed by atoms with Crippen molar-refractivity contribution >= 4 is 6.09 Å². The van der Waals surface area contributed by atoms with Crippen LogP contribution in [0.1, 0.15) is 31.7 Å². The number of rotatable bonds is 2. The van der Waals surface area contributed by atoms with Gasteiger partial charge in [-0.3, -0.25) is 0 Å². The Morgan fingerprint density at radius 3 is 2.79 bits per heavy atom. The normalized spacial score (nSPS) is 23.8. The molecule has 1 amide bonds. The Labute approximate surface area is 114 Å². The number of carbonyl (C=O) groups excluding carboxylic acids is 1. The lowest BCUT2D eigenvalue weighted by Crippen LogP contribution is -2.38. The summed E-state index contributed by atoms with van der Waals surface area (Å²) in [5.74, 6) is 0. The molecule has 1 aliphatic rings. The highest BCUT2D eigenvalue weighted by Crippen LogP contribution is 2.18. The van der Waals surface area contributed by atoms with Crippen LogP contribution in [0, 0.1) is 0 Å². The minimum Gasteiger partial charge on any atom is -0.445 e. The van der Waals surface area contributed by atoms with Crippen LogP contribution in [0.5, 0.6) is 0 Å². The molecule has 2 rings (SSSR count). The van der Waals surface area contributed by atoms with Crippen LogP contribution in [-0.2, 0) is 11.3 Å². The molecule has 4 nitrogen and oxygen atoms in total. The number of carbonyl (C=O) groups is 1. The molecule has 0 spiro atoms. The molecule has 0 aromatic heterocycles. The highest BCUT2D eigenvalue weighted by Gasteiger charge is 2.25. The van der Waals surface area contributed by atoms with Crippen LogP contribution in [0.4, 0.5) is 4.79 Å². The Hall–Kier alpha value is -1.55.